The molecule has 2 rings (SSSR count). The number of aromatic nitrogens is 2. The van der Waals surface area contributed by atoms with Crippen LogP contribution in [0.2, 0.25) is 0 Å². The van der Waals surface area contributed by atoms with Gasteiger partial charge in [0.25, 0.3) is 0 Å². The normalized spacial score (nSPS) is 12.2. The number of hydrogen-bond donors (Lipinski definition) is 2. The Balaban J connectivity index is 2.01. The van der Waals surface area contributed by atoms with E-state index in [1.807, 2.05) is 35.7 Å². The Bertz CT molecular complexity index is 588. The lowest BCUT2D eigenvalue weighted by Crippen LogP contribution is -2.41. The largest absolute Gasteiger partial charge is 0.480 e. The van der Waals surface area contributed by atoms with Crippen LogP contribution in [0.15, 0.2) is 30.6 Å². The van der Waals surface area contributed by atoms with Gasteiger partial charge >= 0.3 is 5.97 Å². The standard InChI is InChI=1S/C14H17N3O3/c1-2-5-11(14(19)20)16-13(18)8-10-9-17-7-4-3-6-12(17)15-10/h3-4,6-7,9,11H,2,5,8H2,1H3,(H,16,18)(H,19,20). The van der Waals surface area contributed by atoms with E-state index in [9.17, 15) is 9.59 Å². The first-order valence-electron chi connectivity index (χ1n) is 6.55. The summed E-state index contributed by atoms with van der Waals surface area (Å²) < 4.78 is 1.82. The minimum absolute atomic E-state index is 0.0785. The smallest absolute Gasteiger partial charge is 0.326 e. The van der Waals surface area contributed by atoms with E-state index < -0.39 is 12.0 Å². The molecule has 1 unspecified atom stereocenters. The fraction of sp³-hybridized carbons (Fsp3) is 0.357. The van der Waals surface area contributed by atoms with Crippen LogP contribution in [-0.2, 0) is 16.0 Å². The lowest BCUT2D eigenvalue weighted by atomic mass is 10.1. The van der Waals surface area contributed by atoms with Gasteiger partial charge in [-0.1, -0.05) is 19.4 Å². The number of nitrogens with one attached hydrogen (secondary N) is 1. The molecule has 2 aromatic heterocycles. The molecule has 2 N–H and O–H groups in total. The third-order valence-electron chi connectivity index (χ3n) is 2.97. The Kier molecular flexibility index (Phi) is 4.34. The SMILES string of the molecule is CCCC(NC(=O)Cc1cn2ccccc2n1)C(=O)O. The van der Waals surface area contributed by atoms with Crippen molar-refractivity contribution in [2.75, 3.05) is 0 Å². The zero-order valence-electron chi connectivity index (χ0n) is 11.2. The van der Waals surface area contributed by atoms with Crippen molar-refractivity contribution in [1.82, 2.24) is 14.7 Å². The lowest BCUT2D eigenvalue weighted by Gasteiger charge is -2.12. The zero-order chi connectivity index (χ0) is 14.5. The van der Waals surface area contributed by atoms with Crippen molar-refractivity contribution in [2.45, 2.75) is 32.2 Å². The molecule has 1 atom stereocenters. The third kappa shape index (κ3) is 3.34. The van der Waals surface area contributed by atoms with Crippen LogP contribution in [0.3, 0.4) is 0 Å². The topological polar surface area (TPSA) is 83.7 Å². The van der Waals surface area contributed by atoms with Crippen LogP contribution in [-0.4, -0.2) is 32.4 Å². The van der Waals surface area contributed by atoms with Gasteiger partial charge in [-0.05, 0) is 18.6 Å². The van der Waals surface area contributed by atoms with Gasteiger partial charge in [-0.15, -0.1) is 0 Å². The quantitative estimate of drug-likeness (QED) is 0.831. The summed E-state index contributed by atoms with van der Waals surface area (Å²) in [6.45, 7) is 1.88. The third-order valence-corrected chi connectivity index (χ3v) is 2.97. The molecule has 2 aromatic rings. The first-order valence-corrected chi connectivity index (χ1v) is 6.55. The van der Waals surface area contributed by atoms with Crippen LogP contribution in [0.5, 0.6) is 0 Å². The van der Waals surface area contributed by atoms with Crippen molar-refractivity contribution in [3.05, 3.63) is 36.3 Å². The van der Waals surface area contributed by atoms with E-state index in [1.54, 1.807) is 6.20 Å². The van der Waals surface area contributed by atoms with Gasteiger partial charge in [-0.2, -0.15) is 0 Å². The molecule has 106 valence electrons. The maximum Gasteiger partial charge on any atom is 0.326 e. The van der Waals surface area contributed by atoms with E-state index >= 15 is 0 Å². The van der Waals surface area contributed by atoms with E-state index in [0.717, 1.165) is 5.65 Å². The molecule has 0 bridgehead atoms. The maximum atomic E-state index is 11.9. The van der Waals surface area contributed by atoms with E-state index in [0.29, 0.717) is 18.5 Å². The Morgan fingerprint density at radius 2 is 2.25 bits per heavy atom. The fourth-order valence-electron chi connectivity index (χ4n) is 2.03. The van der Waals surface area contributed by atoms with Crippen LogP contribution >= 0.6 is 0 Å². The molecule has 20 heavy (non-hydrogen) atoms. The van der Waals surface area contributed by atoms with Crippen molar-refractivity contribution in [3.8, 4) is 0 Å². The number of pyridine rings is 1. The number of carboxylic acids is 1. The molecule has 0 radical (unpaired) electrons. The van der Waals surface area contributed by atoms with Crippen molar-refractivity contribution in [2.24, 2.45) is 0 Å². The number of hydrogen-bond acceptors (Lipinski definition) is 3. The summed E-state index contributed by atoms with van der Waals surface area (Å²) in [6.07, 6.45) is 4.82. The van der Waals surface area contributed by atoms with Crippen LogP contribution in [0.4, 0.5) is 0 Å². The average Bonchev–Trinajstić information content (AvgIpc) is 2.79. The van der Waals surface area contributed by atoms with Gasteiger partial charge in [-0.3, -0.25) is 4.79 Å². The summed E-state index contributed by atoms with van der Waals surface area (Å²) in [5.74, 6) is -1.33. The Morgan fingerprint density at radius 3 is 2.90 bits per heavy atom. The second-order valence-corrected chi connectivity index (χ2v) is 4.62. The summed E-state index contributed by atoms with van der Waals surface area (Å²) in [6, 6.07) is 4.76. The predicted molar refractivity (Wildman–Crippen MR) is 73.4 cm³/mol. The first-order chi connectivity index (χ1) is 9.60. The number of amides is 1. The second kappa shape index (κ2) is 6.18. The number of fused-ring (bicyclic) bond motifs is 1. The highest BCUT2D eigenvalue weighted by Crippen LogP contribution is 2.05. The van der Waals surface area contributed by atoms with Gasteiger partial charge in [-0.25, -0.2) is 9.78 Å². The number of rotatable bonds is 6. The second-order valence-electron chi connectivity index (χ2n) is 4.62. The van der Waals surface area contributed by atoms with Gasteiger partial charge < -0.3 is 14.8 Å². The monoisotopic (exact) mass is 275 g/mol. The fourth-order valence-corrected chi connectivity index (χ4v) is 2.03. The van der Waals surface area contributed by atoms with Gasteiger partial charge in [0.05, 0.1) is 12.1 Å². The number of carbonyl (C=O) groups is 2. The highest BCUT2D eigenvalue weighted by Gasteiger charge is 2.19. The number of carboxylic acid groups (broad SMARTS) is 1. The van der Waals surface area contributed by atoms with E-state index in [2.05, 4.69) is 10.3 Å². The molecule has 1 amide bonds. The molecule has 0 saturated carbocycles. The summed E-state index contributed by atoms with van der Waals surface area (Å²) >= 11 is 0. The molecule has 0 aliphatic carbocycles. The highest BCUT2D eigenvalue weighted by molar-refractivity contribution is 5.84. The Labute approximate surface area is 116 Å². The number of aliphatic carboxylic acids is 1. The summed E-state index contributed by atoms with van der Waals surface area (Å²) in [4.78, 5) is 27.1. The molecule has 2 heterocycles. The molecule has 6 heteroatoms. The number of nitrogens with zero attached hydrogens (tertiary/aromatic N) is 2. The molecule has 0 aliphatic rings. The zero-order valence-corrected chi connectivity index (χ0v) is 11.2. The first kappa shape index (κ1) is 14.0. The minimum Gasteiger partial charge on any atom is -0.480 e. The van der Waals surface area contributed by atoms with E-state index in [4.69, 9.17) is 5.11 Å². The molecule has 0 aliphatic heterocycles. The van der Waals surface area contributed by atoms with Crippen LogP contribution in [0.1, 0.15) is 25.5 Å². The molecular weight excluding hydrogens is 258 g/mol. The van der Waals surface area contributed by atoms with Gasteiger partial charge in [0.15, 0.2) is 0 Å². The highest BCUT2D eigenvalue weighted by atomic mass is 16.4. The molecule has 0 fully saturated rings. The summed E-state index contributed by atoms with van der Waals surface area (Å²) in [7, 11) is 0. The van der Waals surface area contributed by atoms with E-state index in [-0.39, 0.29) is 12.3 Å². The van der Waals surface area contributed by atoms with E-state index in [1.165, 1.54) is 0 Å². The average molecular weight is 275 g/mol. The minimum atomic E-state index is -1.00. The molecule has 6 nitrogen and oxygen atoms in total. The summed E-state index contributed by atoms with van der Waals surface area (Å²) in [5.41, 5.74) is 1.38. The van der Waals surface area contributed by atoms with Gasteiger partial charge in [0, 0.05) is 12.4 Å². The van der Waals surface area contributed by atoms with Crippen LogP contribution in [0, 0.1) is 0 Å². The maximum absolute atomic E-state index is 11.9. The van der Waals surface area contributed by atoms with Crippen molar-refractivity contribution >= 4 is 17.5 Å². The van der Waals surface area contributed by atoms with Crippen molar-refractivity contribution in [1.29, 1.82) is 0 Å². The predicted octanol–water partition coefficient (Wildman–Crippen LogP) is 1.25. The molecule has 0 aromatic carbocycles. The van der Waals surface area contributed by atoms with Crippen LogP contribution in [0.25, 0.3) is 5.65 Å². The molecule has 0 spiro atoms. The Morgan fingerprint density at radius 1 is 1.45 bits per heavy atom. The van der Waals surface area contributed by atoms with Gasteiger partial charge in [0.2, 0.25) is 5.91 Å². The summed E-state index contributed by atoms with van der Waals surface area (Å²) in [5, 5.41) is 11.5. The van der Waals surface area contributed by atoms with Crippen molar-refractivity contribution < 1.29 is 14.7 Å². The van der Waals surface area contributed by atoms with Crippen LogP contribution < -0.4 is 5.32 Å². The number of imidazole rings is 1. The molecule has 0 saturated heterocycles. The Hall–Kier alpha value is -2.37. The lowest BCUT2D eigenvalue weighted by molar-refractivity contribution is -0.141. The molecular formula is C14H17N3O3. The number of carbonyl (C=O) groups excluding carboxylic acids is 1. The van der Waals surface area contributed by atoms with Crippen molar-refractivity contribution in [3.63, 3.8) is 0 Å². The van der Waals surface area contributed by atoms with Gasteiger partial charge in [0.1, 0.15) is 11.7 Å².